The minimum Gasteiger partial charge on any atom is -0.496 e. The summed E-state index contributed by atoms with van der Waals surface area (Å²) >= 11 is 0. The summed E-state index contributed by atoms with van der Waals surface area (Å²) in [6, 6.07) is 6.04. The highest BCUT2D eigenvalue weighted by Gasteiger charge is 2.45. The molecule has 5 heteroatoms. The van der Waals surface area contributed by atoms with Gasteiger partial charge in [0.15, 0.2) is 5.84 Å². The van der Waals surface area contributed by atoms with Gasteiger partial charge in [-0.25, -0.2) is 0 Å². The van der Waals surface area contributed by atoms with Crippen LogP contribution in [0.25, 0.3) is 0 Å². The highest BCUT2D eigenvalue weighted by Crippen LogP contribution is 2.44. The number of hydrogen-bond acceptors (Lipinski definition) is 4. The molecule has 1 fully saturated rings. The third-order valence-corrected chi connectivity index (χ3v) is 3.74. The van der Waals surface area contributed by atoms with Gasteiger partial charge in [-0.05, 0) is 30.0 Å². The third-order valence-electron chi connectivity index (χ3n) is 3.74. The molecule has 1 aliphatic carbocycles. The lowest BCUT2D eigenvalue weighted by atomic mass is 10.1. The number of rotatable bonds is 5. The Hall–Kier alpha value is -1.75. The Balaban J connectivity index is 2.12. The van der Waals surface area contributed by atoms with Crippen LogP contribution < -0.4 is 15.8 Å². The van der Waals surface area contributed by atoms with Crippen molar-refractivity contribution in [3.05, 3.63) is 29.3 Å². The number of amidine groups is 1. The summed E-state index contributed by atoms with van der Waals surface area (Å²) in [5.41, 5.74) is 7.69. The Bertz CT molecular complexity index is 497. The minimum absolute atomic E-state index is 0.107. The van der Waals surface area contributed by atoms with Gasteiger partial charge in [0.05, 0.1) is 7.11 Å². The molecular formula is C14H21N3O2. The van der Waals surface area contributed by atoms with Crippen LogP contribution in [0.3, 0.4) is 0 Å². The zero-order chi connectivity index (χ0) is 14.0. The molecule has 1 aromatic carbocycles. The summed E-state index contributed by atoms with van der Waals surface area (Å²) in [7, 11) is 1.64. The third kappa shape index (κ3) is 2.98. The highest BCUT2D eigenvalue weighted by atomic mass is 16.5. The molecule has 1 unspecified atom stereocenters. The normalized spacial score (nSPS) is 21.2. The molecule has 5 nitrogen and oxygen atoms in total. The predicted octanol–water partition coefficient (Wildman–Crippen LogP) is 1.68. The van der Waals surface area contributed by atoms with E-state index in [1.807, 2.05) is 12.1 Å². The van der Waals surface area contributed by atoms with E-state index >= 15 is 0 Å². The van der Waals surface area contributed by atoms with Gasteiger partial charge in [-0.1, -0.05) is 19.0 Å². The van der Waals surface area contributed by atoms with E-state index in [0.717, 1.165) is 11.3 Å². The number of oxime groups is 1. The molecule has 0 spiro atoms. The molecule has 0 aliphatic heterocycles. The summed E-state index contributed by atoms with van der Waals surface area (Å²) in [5, 5.41) is 15.2. The number of ether oxygens (including phenoxy) is 1. The molecule has 1 atom stereocenters. The van der Waals surface area contributed by atoms with Crippen molar-refractivity contribution in [2.75, 3.05) is 7.11 Å². The summed E-state index contributed by atoms with van der Waals surface area (Å²) in [6.45, 7) is 5.20. The maximum Gasteiger partial charge on any atom is 0.170 e. The smallest absolute Gasteiger partial charge is 0.170 e. The summed E-state index contributed by atoms with van der Waals surface area (Å²) in [4.78, 5) is 0. The number of methoxy groups -OCH3 is 1. The van der Waals surface area contributed by atoms with Crippen molar-refractivity contribution >= 4 is 5.84 Å². The fourth-order valence-electron chi connectivity index (χ4n) is 2.18. The number of benzene rings is 1. The van der Waals surface area contributed by atoms with Crippen molar-refractivity contribution in [2.24, 2.45) is 16.3 Å². The van der Waals surface area contributed by atoms with E-state index in [2.05, 4.69) is 24.3 Å². The minimum atomic E-state index is 0.107. The quantitative estimate of drug-likeness (QED) is 0.327. The molecule has 1 aromatic rings. The van der Waals surface area contributed by atoms with Gasteiger partial charge >= 0.3 is 0 Å². The fraction of sp³-hybridized carbons (Fsp3) is 0.500. The second-order valence-electron chi connectivity index (χ2n) is 5.64. The van der Waals surface area contributed by atoms with Gasteiger partial charge in [-0.2, -0.15) is 0 Å². The number of hydrogen-bond donors (Lipinski definition) is 3. The molecule has 104 valence electrons. The molecule has 0 bridgehead atoms. The highest BCUT2D eigenvalue weighted by molar-refractivity contribution is 5.97. The molecule has 2 rings (SSSR count). The molecule has 19 heavy (non-hydrogen) atoms. The van der Waals surface area contributed by atoms with Crippen molar-refractivity contribution in [2.45, 2.75) is 32.9 Å². The van der Waals surface area contributed by atoms with Crippen LogP contribution in [0.2, 0.25) is 0 Å². The van der Waals surface area contributed by atoms with E-state index in [1.165, 1.54) is 6.42 Å². The first-order valence-electron chi connectivity index (χ1n) is 6.36. The van der Waals surface area contributed by atoms with Crippen LogP contribution in [-0.2, 0) is 6.54 Å². The lowest BCUT2D eigenvalue weighted by molar-refractivity contribution is 0.318. The van der Waals surface area contributed by atoms with Gasteiger partial charge in [0.1, 0.15) is 5.75 Å². The number of nitrogens with one attached hydrogen (secondary N) is 1. The van der Waals surface area contributed by atoms with Crippen LogP contribution in [0.15, 0.2) is 23.4 Å². The summed E-state index contributed by atoms with van der Waals surface area (Å²) in [6.07, 6.45) is 1.19. The molecule has 0 heterocycles. The van der Waals surface area contributed by atoms with Crippen molar-refractivity contribution in [1.29, 1.82) is 0 Å². The lowest BCUT2D eigenvalue weighted by Crippen LogP contribution is -2.21. The van der Waals surface area contributed by atoms with Crippen LogP contribution in [0.4, 0.5) is 0 Å². The molecule has 0 saturated heterocycles. The summed E-state index contributed by atoms with van der Waals surface area (Å²) < 4.78 is 5.34. The Kier molecular flexibility index (Phi) is 3.66. The van der Waals surface area contributed by atoms with Crippen LogP contribution in [0, 0.1) is 5.41 Å². The van der Waals surface area contributed by atoms with Crippen molar-refractivity contribution in [3.8, 4) is 5.75 Å². The molecule has 4 N–H and O–H groups in total. The van der Waals surface area contributed by atoms with Crippen LogP contribution in [0.1, 0.15) is 31.4 Å². The topological polar surface area (TPSA) is 79.9 Å². The first-order chi connectivity index (χ1) is 8.97. The van der Waals surface area contributed by atoms with Crippen molar-refractivity contribution in [3.63, 3.8) is 0 Å². The molecule has 0 amide bonds. The zero-order valence-corrected chi connectivity index (χ0v) is 11.6. The predicted molar refractivity (Wildman–Crippen MR) is 74.5 cm³/mol. The van der Waals surface area contributed by atoms with Crippen molar-refractivity contribution < 1.29 is 9.94 Å². The second kappa shape index (κ2) is 5.09. The molecular weight excluding hydrogens is 242 g/mol. The van der Waals surface area contributed by atoms with Gasteiger partial charge in [0, 0.05) is 23.7 Å². The Morgan fingerprint density at radius 3 is 2.79 bits per heavy atom. The number of nitrogens with two attached hydrogens (primary N) is 1. The molecule has 1 aliphatic rings. The standard InChI is InChI=1S/C14H21N3O2/c1-14(2)7-12(14)16-8-10-6-9(13(15)17-18)4-5-11(10)19-3/h4-6,12,16,18H,7-8H2,1-3H3,(H2,15,17). The Labute approximate surface area is 113 Å². The average Bonchev–Trinajstić information content (AvgIpc) is 3.02. The monoisotopic (exact) mass is 263 g/mol. The maximum atomic E-state index is 8.72. The van der Waals surface area contributed by atoms with Gasteiger partial charge in [-0.3, -0.25) is 0 Å². The van der Waals surface area contributed by atoms with Crippen LogP contribution in [-0.4, -0.2) is 24.2 Å². The largest absolute Gasteiger partial charge is 0.496 e. The lowest BCUT2D eigenvalue weighted by Gasteiger charge is -2.12. The SMILES string of the molecule is COc1ccc(/C(N)=N/O)cc1CNC1CC1(C)C. The first-order valence-corrected chi connectivity index (χ1v) is 6.36. The van der Waals surface area contributed by atoms with Crippen LogP contribution in [0.5, 0.6) is 5.75 Å². The Morgan fingerprint density at radius 2 is 2.26 bits per heavy atom. The first kappa shape index (κ1) is 13.7. The summed E-state index contributed by atoms with van der Waals surface area (Å²) in [5.74, 6) is 0.913. The maximum absolute atomic E-state index is 8.72. The second-order valence-corrected chi connectivity index (χ2v) is 5.64. The van der Waals surface area contributed by atoms with Gasteiger partial charge in [-0.15, -0.1) is 0 Å². The average molecular weight is 263 g/mol. The van der Waals surface area contributed by atoms with E-state index in [4.69, 9.17) is 15.7 Å². The Morgan fingerprint density at radius 1 is 1.58 bits per heavy atom. The van der Waals surface area contributed by atoms with Gasteiger partial charge in [0.2, 0.25) is 0 Å². The van der Waals surface area contributed by atoms with Gasteiger partial charge in [0.25, 0.3) is 0 Å². The van der Waals surface area contributed by atoms with E-state index in [-0.39, 0.29) is 5.84 Å². The molecule has 0 aromatic heterocycles. The molecule has 1 saturated carbocycles. The van der Waals surface area contributed by atoms with E-state index in [9.17, 15) is 0 Å². The molecule has 0 radical (unpaired) electrons. The number of nitrogens with zero attached hydrogens (tertiary/aromatic N) is 1. The van der Waals surface area contributed by atoms with Crippen LogP contribution >= 0.6 is 0 Å². The van der Waals surface area contributed by atoms with Gasteiger partial charge < -0.3 is 21.0 Å². The zero-order valence-electron chi connectivity index (χ0n) is 11.6. The fourth-order valence-corrected chi connectivity index (χ4v) is 2.18. The van der Waals surface area contributed by atoms with E-state index < -0.39 is 0 Å². The van der Waals surface area contributed by atoms with E-state index in [1.54, 1.807) is 13.2 Å². The van der Waals surface area contributed by atoms with Crippen molar-refractivity contribution in [1.82, 2.24) is 5.32 Å². The van der Waals surface area contributed by atoms with E-state index in [0.29, 0.717) is 23.6 Å².